The van der Waals surface area contributed by atoms with Gasteiger partial charge in [0.15, 0.2) is 0 Å². The van der Waals surface area contributed by atoms with Crippen molar-refractivity contribution >= 4 is 21.6 Å². The molecule has 1 N–H and O–H groups in total. The van der Waals surface area contributed by atoms with Crippen molar-refractivity contribution in [2.75, 3.05) is 13.2 Å². The van der Waals surface area contributed by atoms with Crippen LogP contribution in [-0.4, -0.2) is 28.3 Å². The summed E-state index contributed by atoms with van der Waals surface area (Å²) in [6.45, 7) is 0.317. The normalized spacial score (nSPS) is 10.8. The van der Waals surface area contributed by atoms with Crippen LogP contribution in [0.1, 0.15) is 0 Å². The molecule has 0 amide bonds. The highest BCUT2D eigenvalue weighted by Gasteiger charge is 2.07. The summed E-state index contributed by atoms with van der Waals surface area (Å²) in [6, 6.07) is 11.5. The van der Waals surface area contributed by atoms with E-state index in [-0.39, 0.29) is 6.61 Å². The highest BCUT2D eigenvalue weighted by Crippen LogP contribution is 2.31. The summed E-state index contributed by atoms with van der Waals surface area (Å²) in [5.74, 6) is 0.748. The van der Waals surface area contributed by atoms with E-state index in [4.69, 9.17) is 9.84 Å². The van der Waals surface area contributed by atoms with Crippen LogP contribution >= 0.6 is 11.3 Å². The molecule has 0 atom stereocenters. The molecule has 4 nitrogen and oxygen atoms in total. The average Bonchev–Trinajstić information content (AvgIpc) is 2.89. The van der Waals surface area contributed by atoms with Gasteiger partial charge in [-0.1, -0.05) is 6.07 Å². The number of thiazole rings is 1. The van der Waals surface area contributed by atoms with E-state index < -0.39 is 0 Å². The van der Waals surface area contributed by atoms with Crippen molar-refractivity contribution in [3.63, 3.8) is 0 Å². The smallest absolute Gasteiger partial charge is 0.143 e. The maximum Gasteiger partial charge on any atom is 0.143 e. The highest BCUT2D eigenvalue weighted by molar-refractivity contribution is 7.21. The van der Waals surface area contributed by atoms with E-state index in [1.807, 2.05) is 36.4 Å². The Hall–Kier alpha value is -1.98. The summed E-state index contributed by atoms with van der Waals surface area (Å²) < 4.78 is 6.44. The Bertz CT molecular complexity index is 682. The molecule has 0 aliphatic carbocycles. The van der Waals surface area contributed by atoms with Crippen LogP contribution in [0.15, 0.2) is 42.6 Å². The van der Waals surface area contributed by atoms with Gasteiger partial charge in [0.2, 0.25) is 0 Å². The predicted molar refractivity (Wildman–Crippen MR) is 75.4 cm³/mol. The Morgan fingerprint density at radius 1 is 1.21 bits per heavy atom. The second kappa shape index (κ2) is 5.34. The number of pyridine rings is 1. The number of rotatable bonds is 4. The molecule has 0 fully saturated rings. The Labute approximate surface area is 114 Å². The molecule has 96 valence electrons. The van der Waals surface area contributed by atoms with E-state index in [0.29, 0.717) is 6.61 Å². The van der Waals surface area contributed by atoms with E-state index in [0.717, 1.165) is 26.7 Å². The predicted octanol–water partition coefficient (Wildman–Crippen LogP) is 2.73. The standard InChI is InChI=1S/C14H12N2O2S/c17-7-8-18-10-4-5-11-13(9-10)19-14(16-11)12-3-1-2-6-15-12/h1-6,9,17H,7-8H2. The van der Waals surface area contributed by atoms with Gasteiger partial charge >= 0.3 is 0 Å². The van der Waals surface area contributed by atoms with Gasteiger partial charge in [0.25, 0.3) is 0 Å². The Morgan fingerprint density at radius 2 is 2.16 bits per heavy atom. The van der Waals surface area contributed by atoms with Crippen molar-refractivity contribution in [3.05, 3.63) is 42.6 Å². The molecule has 0 aliphatic heterocycles. The van der Waals surface area contributed by atoms with Crippen LogP contribution in [0.2, 0.25) is 0 Å². The Balaban J connectivity index is 1.97. The molecule has 0 radical (unpaired) electrons. The minimum Gasteiger partial charge on any atom is -0.491 e. The number of fused-ring (bicyclic) bond motifs is 1. The number of benzene rings is 1. The number of ether oxygens (including phenoxy) is 1. The van der Waals surface area contributed by atoms with Gasteiger partial charge < -0.3 is 9.84 Å². The van der Waals surface area contributed by atoms with Crippen LogP contribution in [0.3, 0.4) is 0 Å². The van der Waals surface area contributed by atoms with E-state index in [2.05, 4.69) is 9.97 Å². The second-order valence-corrected chi connectivity index (χ2v) is 4.97. The first-order valence-corrected chi connectivity index (χ1v) is 6.74. The maximum absolute atomic E-state index is 8.75. The lowest BCUT2D eigenvalue weighted by Gasteiger charge is -2.02. The lowest BCUT2D eigenvalue weighted by Crippen LogP contribution is -2.00. The van der Waals surface area contributed by atoms with E-state index in [1.165, 1.54) is 0 Å². The number of aromatic nitrogens is 2. The highest BCUT2D eigenvalue weighted by atomic mass is 32.1. The summed E-state index contributed by atoms with van der Waals surface area (Å²) >= 11 is 1.58. The van der Waals surface area contributed by atoms with Crippen molar-refractivity contribution in [2.45, 2.75) is 0 Å². The van der Waals surface area contributed by atoms with E-state index in [9.17, 15) is 0 Å². The first-order chi connectivity index (χ1) is 9.36. The van der Waals surface area contributed by atoms with Gasteiger partial charge in [-0.2, -0.15) is 0 Å². The zero-order valence-corrected chi connectivity index (χ0v) is 10.9. The quantitative estimate of drug-likeness (QED) is 0.793. The molecular formula is C14H12N2O2S. The molecule has 0 bridgehead atoms. The summed E-state index contributed by atoms with van der Waals surface area (Å²) in [5.41, 5.74) is 1.81. The molecule has 19 heavy (non-hydrogen) atoms. The first-order valence-electron chi connectivity index (χ1n) is 5.92. The lowest BCUT2D eigenvalue weighted by molar-refractivity contribution is 0.201. The summed E-state index contributed by atoms with van der Waals surface area (Å²) in [5, 5.41) is 9.65. The number of aliphatic hydroxyl groups excluding tert-OH is 1. The van der Waals surface area contributed by atoms with Gasteiger partial charge in [0, 0.05) is 6.20 Å². The van der Waals surface area contributed by atoms with Crippen LogP contribution in [0.25, 0.3) is 20.9 Å². The monoisotopic (exact) mass is 272 g/mol. The minimum absolute atomic E-state index is 0.0138. The van der Waals surface area contributed by atoms with Gasteiger partial charge in [0.05, 0.1) is 22.5 Å². The molecular weight excluding hydrogens is 260 g/mol. The molecule has 0 saturated heterocycles. The van der Waals surface area contributed by atoms with Crippen LogP contribution in [0.4, 0.5) is 0 Å². The third-order valence-corrected chi connectivity index (χ3v) is 3.64. The largest absolute Gasteiger partial charge is 0.491 e. The first kappa shape index (κ1) is 12.1. The number of hydrogen-bond acceptors (Lipinski definition) is 5. The minimum atomic E-state index is 0.0138. The van der Waals surface area contributed by atoms with Crippen molar-refractivity contribution in [3.8, 4) is 16.5 Å². The van der Waals surface area contributed by atoms with Crippen molar-refractivity contribution in [1.82, 2.24) is 9.97 Å². The molecule has 0 spiro atoms. The van der Waals surface area contributed by atoms with Crippen molar-refractivity contribution < 1.29 is 9.84 Å². The molecule has 5 heteroatoms. The van der Waals surface area contributed by atoms with Gasteiger partial charge in [-0.05, 0) is 30.3 Å². The lowest BCUT2D eigenvalue weighted by atomic mass is 10.3. The zero-order valence-electron chi connectivity index (χ0n) is 10.1. The summed E-state index contributed by atoms with van der Waals surface area (Å²) in [7, 11) is 0. The molecule has 0 aliphatic rings. The van der Waals surface area contributed by atoms with Crippen LogP contribution in [0, 0.1) is 0 Å². The summed E-state index contributed by atoms with van der Waals surface area (Å²) in [4.78, 5) is 8.86. The fourth-order valence-electron chi connectivity index (χ4n) is 1.76. The molecule has 3 aromatic rings. The van der Waals surface area contributed by atoms with Crippen LogP contribution in [-0.2, 0) is 0 Å². The second-order valence-electron chi connectivity index (χ2n) is 3.94. The molecule has 2 heterocycles. The number of nitrogens with zero attached hydrogens (tertiary/aromatic N) is 2. The topological polar surface area (TPSA) is 55.2 Å². The van der Waals surface area contributed by atoms with Crippen LogP contribution < -0.4 is 4.74 Å². The maximum atomic E-state index is 8.75. The Kier molecular flexibility index (Phi) is 3.39. The van der Waals surface area contributed by atoms with Gasteiger partial charge in [-0.3, -0.25) is 4.98 Å². The number of hydrogen-bond donors (Lipinski definition) is 1. The van der Waals surface area contributed by atoms with Crippen molar-refractivity contribution in [1.29, 1.82) is 0 Å². The van der Waals surface area contributed by atoms with E-state index >= 15 is 0 Å². The molecule has 3 rings (SSSR count). The Morgan fingerprint density at radius 3 is 2.95 bits per heavy atom. The molecule has 1 aromatic carbocycles. The fourth-order valence-corrected chi connectivity index (χ4v) is 2.73. The zero-order chi connectivity index (χ0) is 13.1. The third-order valence-electron chi connectivity index (χ3n) is 2.60. The van der Waals surface area contributed by atoms with Crippen LogP contribution in [0.5, 0.6) is 5.75 Å². The fraction of sp³-hybridized carbons (Fsp3) is 0.143. The summed E-state index contributed by atoms with van der Waals surface area (Å²) in [6.07, 6.45) is 1.76. The van der Waals surface area contributed by atoms with Gasteiger partial charge in [0.1, 0.15) is 17.4 Å². The SMILES string of the molecule is OCCOc1ccc2nc(-c3ccccn3)sc2c1. The average molecular weight is 272 g/mol. The molecule has 0 unspecified atom stereocenters. The molecule has 2 aromatic heterocycles. The third kappa shape index (κ3) is 2.57. The van der Waals surface area contributed by atoms with E-state index in [1.54, 1.807) is 17.5 Å². The molecule has 0 saturated carbocycles. The van der Waals surface area contributed by atoms with Gasteiger partial charge in [-0.25, -0.2) is 4.98 Å². The van der Waals surface area contributed by atoms with Crippen molar-refractivity contribution in [2.24, 2.45) is 0 Å². The van der Waals surface area contributed by atoms with Gasteiger partial charge in [-0.15, -0.1) is 11.3 Å². The number of aliphatic hydroxyl groups is 1.